The predicted molar refractivity (Wildman–Crippen MR) is 59.9 cm³/mol. The van der Waals surface area contributed by atoms with E-state index in [2.05, 4.69) is 30.7 Å². The second-order valence-corrected chi connectivity index (χ2v) is 4.92. The molecule has 1 aliphatic rings. The maximum Gasteiger partial charge on any atom is 0.317 e. The first kappa shape index (κ1) is 12.5. The molecule has 1 N–H and O–H groups in total. The summed E-state index contributed by atoms with van der Waals surface area (Å²) in [5.74, 6) is -0.194. The van der Waals surface area contributed by atoms with E-state index < -0.39 is 5.97 Å². The maximum atomic E-state index is 10.8. The summed E-state index contributed by atoms with van der Waals surface area (Å²) in [6.07, 6.45) is 1.09. The van der Waals surface area contributed by atoms with E-state index in [1.807, 2.05) is 0 Å². The molecule has 0 aromatic rings. The van der Waals surface area contributed by atoms with Crippen LogP contribution in [0.2, 0.25) is 0 Å². The molecule has 15 heavy (non-hydrogen) atoms. The van der Waals surface area contributed by atoms with Gasteiger partial charge in [-0.05, 0) is 25.9 Å². The van der Waals surface area contributed by atoms with Crippen molar-refractivity contribution in [1.29, 1.82) is 0 Å². The fourth-order valence-corrected chi connectivity index (χ4v) is 2.20. The molecule has 0 spiro atoms. The zero-order valence-electron chi connectivity index (χ0n) is 9.94. The van der Waals surface area contributed by atoms with Crippen molar-refractivity contribution in [1.82, 2.24) is 9.80 Å². The van der Waals surface area contributed by atoms with Crippen LogP contribution in [0, 0.1) is 5.92 Å². The third kappa shape index (κ3) is 4.18. The molecule has 0 saturated carbocycles. The number of nitrogens with zero attached hydrogens (tertiary/aromatic N) is 2. The highest BCUT2D eigenvalue weighted by Gasteiger charge is 2.27. The lowest BCUT2D eigenvalue weighted by Gasteiger charge is -2.28. The summed E-state index contributed by atoms with van der Waals surface area (Å²) >= 11 is 0. The quantitative estimate of drug-likeness (QED) is 0.733. The van der Waals surface area contributed by atoms with Crippen LogP contribution in [-0.2, 0) is 4.79 Å². The molecule has 0 bridgehead atoms. The summed E-state index contributed by atoms with van der Waals surface area (Å²) in [5, 5.41) is 8.87. The van der Waals surface area contributed by atoms with Crippen molar-refractivity contribution < 1.29 is 9.90 Å². The smallest absolute Gasteiger partial charge is 0.317 e. The SMILES string of the molecule is CC(C)CN(CC(=O)O)C1CCN(C)C1. The van der Waals surface area contributed by atoms with Crippen molar-refractivity contribution in [3.05, 3.63) is 0 Å². The molecular weight excluding hydrogens is 192 g/mol. The molecule has 0 amide bonds. The minimum Gasteiger partial charge on any atom is -0.480 e. The second kappa shape index (κ2) is 5.47. The number of carboxylic acids is 1. The number of carbonyl (C=O) groups is 1. The van der Waals surface area contributed by atoms with E-state index in [1.165, 1.54) is 0 Å². The first-order valence-electron chi connectivity index (χ1n) is 5.63. The zero-order chi connectivity index (χ0) is 11.4. The van der Waals surface area contributed by atoms with Gasteiger partial charge in [0.1, 0.15) is 0 Å². The van der Waals surface area contributed by atoms with Crippen molar-refractivity contribution in [2.24, 2.45) is 5.92 Å². The zero-order valence-corrected chi connectivity index (χ0v) is 9.94. The number of hydrogen-bond acceptors (Lipinski definition) is 3. The van der Waals surface area contributed by atoms with Gasteiger partial charge in [-0.1, -0.05) is 13.8 Å². The van der Waals surface area contributed by atoms with Crippen LogP contribution in [0.1, 0.15) is 20.3 Å². The Morgan fingerprint density at radius 2 is 2.27 bits per heavy atom. The topological polar surface area (TPSA) is 43.8 Å². The standard InChI is InChI=1S/C11H22N2O2/c1-9(2)6-13(8-11(14)15)10-4-5-12(3)7-10/h9-10H,4-8H2,1-3H3,(H,14,15). The van der Waals surface area contributed by atoms with Crippen LogP contribution in [0.4, 0.5) is 0 Å². The minimum atomic E-state index is -0.717. The van der Waals surface area contributed by atoms with Crippen LogP contribution in [0.15, 0.2) is 0 Å². The molecule has 88 valence electrons. The van der Waals surface area contributed by atoms with E-state index in [4.69, 9.17) is 5.11 Å². The van der Waals surface area contributed by atoms with Gasteiger partial charge >= 0.3 is 5.97 Å². The van der Waals surface area contributed by atoms with Crippen LogP contribution >= 0.6 is 0 Å². The van der Waals surface area contributed by atoms with E-state index in [-0.39, 0.29) is 6.54 Å². The average Bonchev–Trinajstić information content (AvgIpc) is 2.48. The summed E-state index contributed by atoms with van der Waals surface area (Å²) in [6, 6.07) is 0.425. The van der Waals surface area contributed by atoms with Gasteiger partial charge in [0.25, 0.3) is 0 Å². The van der Waals surface area contributed by atoms with Gasteiger partial charge in [-0.15, -0.1) is 0 Å². The molecule has 0 radical (unpaired) electrons. The van der Waals surface area contributed by atoms with Crippen LogP contribution in [0.3, 0.4) is 0 Å². The summed E-state index contributed by atoms with van der Waals surface area (Å²) in [7, 11) is 2.09. The number of rotatable bonds is 5. The highest BCUT2D eigenvalue weighted by Crippen LogP contribution is 2.15. The molecule has 1 aliphatic heterocycles. The summed E-state index contributed by atoms with van der Waals surface area (Å²) < 4.78 is 0. The van der Waals surface area contributed by atoms with Gasteiger partial charge < -0.3 is 10.0 Å². The van der Waals surface area contributed by atoms with E-state index in [1.54, 1.807) is 0 Å². The lowest BCUT2D eigenvalue weighted by molar-refractivity contribution is -0.139. The van der Waals surface area contributed by atoms with Crippen molar-refractivity contribution in [2.45, 2.75) is 26.3 Å². The number of aliphatic carboxylic acids is 1. The highest BCUT2D eigenvalue weighted by atomic mass is 16.4. The Balaban J connectivity index is 2.51. The van der Waals surface area contributed by atoms with Crippen molar-refractivity contribution >= 4 is 5.97 Å². The second-order valence-electron chi connectivity index (χ2n) is 4.92. The van der Waals surface area contributed by atoms with Crippen LogP contribution < -0.4 is 0 Å². The number of hydrogen-bond donors (Lipinski definition) is 1. The van der Waals surface area contributed by atoms with Gasteiger partial charge in [-0.2, -0.15) is 0 Å². The van der Waals surface area contributed by atoms with E-state index in [0.717, 1.165) is 26.1 Å². The first-order valence-corrected chi connectivity index (χ1v) is 5.63. The Bertz CT molecular complexity index is 219. The maximum absolute atomic E-state index is 10.8. The van der Waals surface area contributed by atoms with Crippen LogP contribution in [-0.4, -0.2) is 60.1 Å². The van der Waals surface area contributed by atoms with Crippen molar-refractivity contribution in [2.75, 3.05) is 33.2 Å². The van der Waals surface area contributed by atoms with E-state index >= 15 is 0 Å². The summed E-state index contributed by atoms with van der Waals surface area (Å²) in [6.45, 7) is 7.40. The Morgan fingerprint density at radius 3 is 2.67 bits per heavy atom. The molecule has 1 saturated heterocycles. The minimum absolute atomic E-state index is 0.177. The van der Waals surface area contributed by atoms with Gasteiger partial charge in [-0.3, -0.25) is 9.69 Å². The van der Waals surface area contributed by atoms with E-state index in [0.29, 0.717) is 12.0 Å². The molecule has 1 atom stereocenters. The van der Waals surface area contributed by atoms with E-state index in [9.17, 15) is 4.79 Å². The lowest BCUT2D eigenvalue weighted by Crippen LogP contribution is -2.42. The van der Waals surface area contributed by atoms with Gasteiger partial charge in [0.05, 0.1) is 6.54 Å². The lowest BCUT2D eigenvalue weighted by atomic mass is 10.1. The van der Waals surface area contributed by atoms with Crippen LogP contribution in [0.25, 0.3) is 0 Å². The molecule has 1 rings (SSSR count). The molecule has 1 fully saturated rings. The first-order chi connectivity index (χ1) is 6.99. The average molecular weight is 214 g/mol. The number of likely N-dealkylation sites (N-methyl/N-ethyl adjacent to an activating group) is 1. The normalized spacial score (nSPS) is 22.9. The molecule has 0 aromatic heterocycles. The fourth-order valence-electron chi connectivity index (χ4n) is 2.20. The highest BCUT2D eigenvalue weighted by molar-refractivity contribution is 5.69. The number of carboxylic acid groups (broad SMARTS) is 1. The van der Waals surface area contributed by atoms with Gasteiger partial charge in [0.2, 0.25) is 0 Å². The van der Waals surface area contributed by atoms with Crippen molar-refractivity contribution in [3.63, 3.8) is 0 Å². The van der Waals surface area contributed by atoms with Crippen molar-refractivity contribution in [3.8, 4) is 0 Å². The molecule has 4 nitrogen and oxygen atoms in total. The molecule has 4 heteroatoms. The van der Waals surface area contributed by atoms with Gasteiger partial charge in [-0.25, -0.2) is 0 Å². The Kier molecular flexibility index (Phi) is 4.54. The Hall–Kier alpha value is -0.610. The van der Waals surface area contributed by atoms with Crippen LogP contribution in [0.5, 0.6) is 0 Å². The largest absolute Gasteiger partial charge is 0.480 e. The third-order valence-electron chi connectivity index (χ3n) is 2.82. The third-order valence-corrected chi connectivity index (χ3v) is 2.82. The molecule has 0 aromatic carbocycles. The summed E-state index contributed by atoms with van der Waals surface area (Å²) in [5.41, 5.74) is 0. The molecule has 1 heterocycles. The molecule has 1 unspecified atom stereocenters. The summed E-state index contributed by atoms with van der Waals surface area (Å²) in [4.78, 5) is 15.1. The number of likely N-dealkylation sites (tertiary alicyclic amines) is 1. The Labute approximate surface area is 91.9 Å². The monoisotopic (exact) mass is 214 g/mol. The van der Waals surface area contributed by atoms with Gasteiger partial charge in [0, 0.05) is 19.1 Å². The predicted octanol–water partition coefficient (Wildman–Crippen LogP) is 0.733. The van der Waals surface area contributed by atoms with Gasteiger partial charge in [0.15, 0.2) is 0 Å². The molecule has 0 aliphatic carbocycles. The molecular formula is C11H22N2O2. The fraction of sp³-hybridized carbons (Fsp3) is 0.909. The Morgan fingerprint density at radius 1 is 1.60 bits per heavy atom.